The Bertz CT molecular complexity index is 435. The van der Waals surface area contributed by atoms with Crippen LogP contribution in [0.4, 0.5) is 0 Å². The van der Waals surface area contributed by atoms with Gasteiger partial charge in [0.2, 0.25) is 0 Å². The van der Waals surface area contributed by atoms with Gasteiger partial charge < -0.3 is 14.6 Å². The molecule has 5 heteroatoms. The van der Waals surface area contributed by atoms with Crippen LogP contribution in [0.1, 0.15) is 17.3 Å². The quantitative estimate of drug-likeness (QED) is 0.874. The summed E-state index contributed by atoms with van der Waals surface area (Å²) in [5.41, 5.74) is 0.234. The van der Waals surface area contributed by atoms with Crippen LogP contribution in [-0.2, 0) is 4.74 Å². The molecule has 1 saturated heterocycles. The van der Waals surface area contributed by atoms with Gasteiger partial charge in [-0.2, -0.15) is 0 Å². The van der Waals surface area contributed by atoms with Gasteiger partial charge in [-0.25, -0.2) is 4.79 Å². The fraction of sp³-hybridized carbons (Fsp3) is 0.500. The van der Waals surface area contributed by atoms with Gasteiger partial charge in [0.15, 0.2) is 0 Å². The number of ether oxygens (including phenoxy) is 2. The Balaban J connectivity index is 1.88. The van der Waals surface area contributed by atoms with Gasteiger partial charge in [0.05, 0.1) is 12.2 Å². The van der Waals surface area contributed by atoms with Crippen LogP contribution in [0.2, 0.25) is 0 Å². The molecule has 2 rings (SSSR count). The van der Waals surface area contributed by atoms with Gasteiger partial charge in [0, 0.05) is 13.1 Å². The van der Waals surface area contributed by atoms with Crippen molar-refractivity contribution in [2.24, 2.45) is 0 Å². The Hall–Kier alpha value is -1.59. The number of morpholine rings is 1. The predicted octanol–water partition coefficient (Wildman–Crippen LogP) is 1.48. The van der Waals surface area contributed by atoms with Crippen LogP contribution in [0.15, 0.2) is 24.3 Å². The molecular formula is C14H19NO4. The zero-order valence-corrected chi connectivity index (χ0v) is 11.0. The van der Waals surface area contributed by atoms with Crippen molar-refractivity contribution < 1.29 is 19.4 Å². The van der Waals surface area contributed by atoms with Gasteiger partial charge in [-0.1, -0.05) is 13.0 Å². The standard InChI is InChI=1S/C14H19NO4/c1-2-15-6-7-18-13(9-15)10-19-12-5-3-4-11(8-12)14(16)17/h3-5,8,13H,2,6-7,9-10H2,1H3,(H,16,17). The van der Waals surface area contributed by atoms with E-state index in [1.54, 1.807) is 18.2 Å². The Morgan fingerprint density at radius 3 is 3.16 bits per heavy atom. The second-order valence-corrected chi connectivity index (χ2v) is 4.53. The molecule has 0 saturated carbocycles. The van der Waals surface area contributed by atoms with E-state index in [4.69, 9.17) is 14.6 Å². The summed E-state index contributed by atoms with van der Waals surface area (Å²) >= 11 is 0. The fourth-order valence-corrected chi connectivity index (χ4v) is 2.08. The fourth-order valence-electron chi connectivity index (χ4n) is 2.08. The first-order valence-corrected chi connectivity index (χ1v) is 6.49. The van der Waals surface area contributed by atoms with Crippen LogP contribution in [0.5, 0.6) is 5.75 Å². The summed E-state index contributed by atoms with van der Waals surface area (Å²) in [6.07, 6.45) is 0.0437. The Morgan fingerprint density at radius 2 is 2.42 bits per heavy atom. The number of hydrogen-bond donors (Lipinski definition) is 1. The van der Waals surface area contributed by atoms with E-state index in [1.807, 2.05) is 0 Å². The lowest BCUT2D eigenvalue weighted by Gasteiger charge is -2.31. The summed E-state index contributed by atoms with van der Waals surface area (Å²) in [7, 11) is 0. The number of nitrogens with zero attached hydrogens (tertiary/aromatic N) is 1. The van der Waals surface area contributed by atoms with Crippen molar-refractivity contribution in [2.45, 2.75) is 13.0 Å². The lowest BCUT2D eigenvalue weighted by Crippen LogP contribution is -2.44. The minimum absolute atomic E-state index is 0.0437. The molecule has 1 atom stereocenters. The molecule has 0 radical (unpaired) electrons. The number of benzene rings is 1. The lowest BCUT2D eigenvalue weighted by molar-refractivity contribution is -0.0464. The third-order valence-corrected chi connectivity index (χ3v) is 3.19. The first kappa shape index (κ1) is 13.8. The molecule has 104 valence electrons. The molecule has 1 N–H and O–H groups in total. The van der Waals surface area contributed by atoms with Crippen molar-refractivity contribution in [3.8, 4) is 5.75 Å². The zero-order valence-electron chi connectivity index (χ0n) is 11.0. The molecule has 0 aromatic heterocycles. The van der Waals surface area contributed by atoms with Crippen molar-refractivity contribution in [1.82, 2.24) is 4.90 Å². The average Bonchev–Trinajstić information content (AvgIpc) is 2.45. The van der Waals surface area contributed by atoms with E-state index in [2.05, 4.69) is 11.8 Å². The van der Waals surface area contributed by atoms with Gasteiger partial charge in [-0.05, 0) is 24.7 Å². The van der Waals surface area contributed by atoms with Crippen LogP contribution < -0.4 is 4.74 Å². The summed E-state index contributed by atoms with van der Waals surface area (Å²) in [6, 6.07) is 6.51. The maximum Gasteiger partial charge on any atom is 0.335 e. The highest BCUT2D eigenvalue weighted by molar-refractivity contribution is 5.87. The average molecular weight is 265 g/mol. The molecule has 5 nitrogen and oxygen atoms in total. The number of aromatic carboxylic acids is 1. The van der Waals surface area contributed by atoms with Gasteiger partial charge in [-0.15, -0.1) is 0 Å². The van der Waals surface area contributed by atoms with Crippen molar-refractivity contribution >= 4 is 5.97 Å². The first-order valence-electron chi connectivity index (χ1n) is 6.49. The van der Waals surface area contributed by atoms with E-state index < -0.39 is 5.97 Å². The van der Waals surface area contributed by atoms with Crippen LogP contribution in [0.3, 0.4) is 0 Å². The SMILES string of the molecule is CCN1CCOC(COc2cccc(C(=O)O)c2)C1. The Kier molecular flexibility index (Phi) is 4.76. The summed E-state index contributed by atoms with van der Waals surface area (Å²) in [5.74, 6) is -0.381. The number of carboxylic acid groups (broad SMARTS) is 1. The number of likely N-dealkylation sites (N-methyl/N-ethyl adjacent to an activating group) is 1. The van der Waals surface area contributed by atoms with Gasteiger partial charge in [0.1, 0.15) is 18.5 Å². The van der Waals surface area contributed by atoms with Crippen LogP contribution >= 0.6 is 0 Å². The normalized spacial score (nSPS) is 20.2. The van der Waals surface area contributed by atoms with E-state index in [9.17, 15) is 4.79 Å². The minimum atomic E-state index is -0.948. The molecule has 1 unspecified atom stereocenters. The molecule has 1 heterocycles. The third-order valence-electron chi connectivity index (χ3n) is 3.19. The summed E-state index contributed by atoms with van der Waals surface area (Å²) in [6.45, 7) is 6.11. The topological polar surface area (TPSA) is 59.0 Å². The van der Waals surface area contributed by atoms with E-state index >= 15 is 0 Å². The van der Waals surface area contributed by atoms with Crippen LogP contribution in [-0.4, -0.2) is 54.9 Å². The molecule has 0 bridgehead atoms. The van der Waals surface area contributed by atoms with Gasteiger partial charge >= 0.3 is 5.97 Å². The van der Waals surface area contributed by atoms with Gasteiger partial charge in [0.25, 0.3) is 0 Å². The highest BCUT2D eigenvalue weighted by Crippen LogP contribution is 2.15. The van der Waals surface area contributed by atoms with Crippen molar-refractivity contribution in [3.63, 3.8) is 0 Å². The molecule has 19 heavy (non-hydrogen) atoms. The molecule has 0 spiro atoms. The molecule has 1 aliphatic heterocycles. The molecule has 1 aromatic rings. The van der Waals surface area contributed by atoms with Crippen LogP contribution in [0, 0.1) is 0 Å². The van der Waals surface area contributed by atoms with E-state index in [1.165, 1.54) is 6.07 Å². The van der Waals surface area contributed by atoms with E-state index in [-0.39, 0.29) is 11.7 Å². The maximum atomic E-state index is 10.9. The molecule has 1 aliphatic rings. The third kappa shape index (κ3) is 3.94. The second kappa shape index (κ2) is 6.54. The van der Waals surface area contributed by atoms with Gasteiger partial charge in [-0.3, -0.25) is 4.90 Å². The predicted molar refractivity (Wildman–Crippen MR) is 70.8 cm³/mol. The van der Waals surface area contributed by atoms with E-state index in [0.717, 1.165) is 26.2 Å². The molecule has 1 fully saturated rings. The largest absolute Gasteiger partial charge is 0.491 e. The second-order valence-electron chi connectivity index (χ2n) is 4.53. The highest BCUT2D eigenvalue weighted by Gasteiger charge is 2.19. The monoisotopic (exact) mass is 265 g/mol. The molecule has 0 amide bonds. The number of carboxylic acids is 1. The highest BCUT2D eigenvalue weighted by atomic mass is 16.5. The number of carbonyl (C=O) groups is 1. The van der Waals surface area contributed by atoms with Crippen molar-refractivity contribution in [3.05, 3.63) is 29.8 Å². The Morgan fingerprint density at radius 1 is 1.58 bits per heavy atom. The first-order chi connectivity index (χ1) is 9.19. The summed E-state index contributed by atoms with van der Waals surface area (Å²) in [4.78, 5) is 13.2. The molecule has 0 aliphatic carbocycles. The number of rotatable bonds is 5. The maximum absolute atomic E-state index is 10.9. The lowest BCUT2D eigenvalue weighted by atomic mass is 10.2. The number of hydrogen-bond acceptors (Lipinski definition) is 4. The summed E-state index contributed by atoms with van der Waals surface area (Å²) in [5, 5.41) is 8.91. The van der Waals surface area contributed by atoms with E-state index in [0.29, 0.717) is 12.4 Å². The van der Waals surface area contributed by atoms with Crippen molar-refractivity contribution in [1.29, 1.82) is 0 Å². The smallest absolute Gasteiger partial charge is 0.335 e. The summed E-state index contributed by atoms with van der Waals surface area (Å²) < 4.78 is 11.2. The minimum Gasteiger partial charge on any atom is -0.491 e. The van der Waals surface area contributed by atoms with Crippen LogP contribution in [0.25, 0.3) is 0 Å². The Labute approximate surface area is 112 Å². The molecule has 1 aromatic carbocycles. The zero-order chi connectivity index (χ0) is 13.7. The van der Waals surface area contributed by atoms with Crippen molar-refractivity contribution in [2.75, 3.05) is 32.8 Å². The molecular weight excluding hydrogens is 246 g/mol.